The van der Waals surface area contributed by atoms with Crippen LogP contribution in [0.15, 0.2) is 22.7 Å². The van der Waals surface area contributed by atoms with Crippen molar-refractivity contribution in [2.45, 2.75) is 31.3 Å². The zero-order chi connectivity index (χ0) is 17.4. The number of rotatable bonds is 5. The van der Waals surface area contributed by atoms with Crippen LogP contribution in [0.25, 0.3) is 0 Å². The van der Waals surface area contributed by atoms with Crippen LogP contribution in [0.2, 0.25) is 0 Å². The van der Waals surface area contributed by atoms with E-state index in [2.05, 4.69) is 27.0 Å². The Morgan fingerprint density at radius 1 is 1.32 bits per heavy atom. The van der Waals surface area contributed by atoms with Gasteiger partial charge in [-0.05, 0) is 38.1 Å². The normalized spacial score (nSPS) is 22.3. The van der Waals surface area contributed by atoms with E-state index in [4.69, 9.17) is 9.26 Å². The molecule has 0 spiro atoms. The summed E-state index contributed by atoms with van der Waals surface area (Å²) in [5, 5.41) is 4.13. The number of piperazine rings is 1. The first-order valence-electron chi connectivity index (χ1n) is 8.72. The van der Waals surface area contributed by atoms with Crippen LogP contribution < -0.4 is 4.74 Å². The molecule has 134 valence electrons. The summed E-state index contributed by atoms with van der Waals surface area (Å²) < 4.78 is 24.5. The number of ether oxygens (including phenoxy) is 1. The zero-order valence-corrected chi connectivity index (χ0v) is 14.6. The maximum absolute atomic E-state index is 13.6. The Morgan fingerprint density at radius 3 is 2.92 bits per heavy atom. The molecular formula is C18H23FN4O2. The van der Waals surface area contributed by atoms with Gasteiger partial charge in [-0.1, -0.05) is 5.16 Å². The molecule has 1 unspecified atom stereocenters. The number of hydrogen-bond donors (Lipinski definition) is 0. The molecule has 4 rings (SSSR count). The molecule has 7 heteroatoms. The molecule has 1 aliphatic carbocycles. The zero-order valence-electron chi connectivity index (χ0n) is 14.6. The van der Waals surface area contributed by atoms with Crippen LogP contribution in [0, 0.1) is 5.82 Å². The predicted octanol–water partition coefficient (Wildman–Crippen LogP) is 2.58. The van der Waals surface area contributed by atoms with Gasteiger partial charge in [0.25, 0.3) is 0 Å². The number of nitrogens with zero attached hydrogens (tertiary/aromatic N) is 4. The van der Waals surface area contributed by atoms with E-state index in [0.717, 1.165) is 43.9 Å². The Balaban J connectivity index is 1.49. The third kappa shape index (κ3) is 3.52. The number of hydrogen-bond acceptors (Lipinski definition) is 6. The van der Waals surface area contributed by atoms with E-state index in [1.54, 1.807) is 19.2 Å². The van der Waals surface area contributed by atoms with Crippen LogP contribution in [0.1, 0.15) is 42.1 Å². The van der Waals surface area contributed by atoms with Gasteiger partial charge in [0, 0.05) is 37.7 Å². The van der Waals surface area contributed by atoms with Gasteiger partial charge in [-0.25, -0.2) is 4.39 Å². The minimum Gasteiger partial charge on any atom is -0.496 e. The quantitative estimate of drug-likeness (QED) is 0.829. The molecule has 1 saturated carbocycles. The van der Waals surface area contributed by atoms with Crippen molar-refractivity contribution in [1.29, 1.82) is 0 Å². The fourth-order valence-electron chi connectivity index (χ4n) is 3.34. The second-order valence-corrected chi connectivity index (χ2v) is 6.95. The molecule has 2 aliphatic rings. The van der Waals surface area contributed by atoms with Crippen LogP contribution in [0.3, 0.4) is 0 Å². The van der Waals surface area contributed by atoms with Gasteiger partial charge in [0.05, 0.1) is 7.11 Å². The van der Waals surface area contributed by atoms with E-state index >= 15 is 0 Å². The topological polar surface area (TPSA) is 54.6 Å². The molecule has 0 N–H and O–H groups in total. The lowest BCUT2D eigenvalue weighted by molar-refractivity contribution is 0.0709. The van der Waals surface area contributed by atoms with Crippen LogP contribution in [0.5, 0.6) is 5.75 Å². The monoisotopic (exact) mass is 346 g/mol. The van der Waals surface area contributed by atoms with Crippen molar-refractivity contribution in [3.05, 3.63) is 41.3 Å². The maximum Gasteiger partial charge on any atom is 0.245 e. The number of likely N-dealkylation sites (N-methyl/N-ethyl adjacent to an activating group) is 1. The van der Waals surface area contributed by atoms with Crippen molar-refractivity contribution in [3.63, 3.8) is 0 Å². The average Bonchev–Trinajstić information content (AvgIpc) is 3.34. The lowest BCUT2D eigenvalue weighted by Gasteiger charge is -2.37. The van der Waals surface area contributed by atoms with Gasteiger partial charge >= 0.3 is 0 Å². The SMILES string of the molecule is COc1ccc(F)cc1CN1CCN(C)C(c2nc(C3CC3)no2)C1. The highest BCUT2D eigenvalue weighted by atomic mass is 19.1. The van der Waals surface area contributed by atoms with Gasteiger partial charge in [-0.15, -0.1) is 0 Å². The lowest BCUT2D eigenvalue weighted by Crippen LogP contribution is -2.46. The molecule has 25 heavy (non-hydrogen) atoms. The maximum atomic E-state index is 13.6. The summed E-state index contributed by atoms with van der Waals surface area (Å²) in [4.78, 5) is 9.13. The summed E-state index contributed by atoms with van der Waals surface area (Å²) >= 11 is 0. The highest BCUT2D eigenvalue weighted by Gasteiger charge is 2.34. The third-order valence-corrected chi connectivity index (χ3v) is 5.05. The molecule has 0 amide bonds. The molecule has 1 saturated heterocycles. The minimum atomic E-state index is -0.243. The van der Waals surface area contributed by atoms with Crippen molar-refractivity contribution in [1.82, 2.24) is 19.9 Å². The molecule has 2 fully saturated rings. The molecule has 6 nitrogen and oxygen atoms in total. The highest BCUT2D eigenvalue weighted by Crippen LogP contribution is 2.39. The largest absolute Gasteiger partial charge is 0.496 e. The molecule has 1 aromatic carbocycles. The lowest BCUT2D eigenvalue weighted by atomic mass is 10.1. The fourth-order valence-corrected chi connectivity index (χ4v) is 3.34. The Labute approximate surface area is 146 Å². The Kier molecular flexibility index (Phi) is 4.43. The second-order valence-electron chi connectivity index (χ2n) is 6.95. The van der Waals surface area contributed by atoms with Crippen molar-refractivity contribution in [3.8, 4) is 5.75 Å². The summed E-state index contributed by atoms with van der Waals surface area (Å²) in [6.45, 7) is 3.19. The molecule has 1 atom stereocenters. The summed E-state index contributed by atoms with van der Waals surface area (Å²) in [5.41, 5.74) is 0.856. The molecular weight excluding hydrogens is 323 g/mol. The number of aromatic nitrogens is 2. The molecule has 1 aromatic heterocycles. The van der Waals surface area contributed by atoms with Crippen LogP contribution in [0.4, 0.5) is 4.39 Å². The fraction of sp³-hybridized carbons (Fsp3) is 0.556. The molecule has 2 aromatic rings. The summed E-state index contributed by atoms with van der Waals surface area (Å²) in [7, 11) is 3.69. The van der Waals surface area contributed by atoms with E-state index in [1.807, 2.05) is 0 Å². The molecule has 2 heterocycles. The van der Waals surface area contributed by atoms with Crippen molar-refractivity contribution >= 4 is 0 Å². The van der Waals surface area contributed by atoms with Gasteiger partial charge in [0.15, 0.2) is 5.82 Å². The Morgan fingerprint density at radius 2 is 2.16 bits per heavy atom. The van der Waals surface area contributed by atoms with Gasteiger partial charge < -0.3 is 9.26 Å². The predicted molar refractivity (Wildman–Crippen MR) is 89.9 cm³/mol. The number of methoxy groups -OCH3 is 1. The van der Waals surface area contributed by atoms with Gasteiger partial charge in [0.2, 0.25) is 5.89 Å². The molecule has 1 aliphatic heterocycles. The Bertz CT molecular complexity index is 746. The first-order chi connectivity index (χ1) is 12.1. The summed E-state index contributed by atoms with van der Waals surface area (Å²) in [6.07, 6.45) is 2.32. The van der Waals surface area contributed by atoms with Gasteiger partial charge in [0.1, 0.15) is 17.6 Å². The van der Waals surface area contributed by atoms with E-state index in [9.17, 15) is 4.39 Å². The standard InChI is InChI=1S/C18H23FN4O2/c1-22-7-8-23(10-13-9-14(19)5-6-16(13)24-2)11-15(22)18-20-17(21-25-18)12-3-4-12/h5-6,9,12,15H,3-4,7-8,10-11H2,1-2H3. The minimum absolute atomic E-state index is 0.0632. The average molecular weight is 346 g/mol. The molecule has 0 radical (unpaired) electrons. The second kappa shape index (κ2) is 6.72. The van der Waals surface area contributed by atoms with Crippen molar-refractivity contribution in [2.75, 3.05) is 33.8 Å². The van der Waals surface area contributed by atoms with E-state index in [1.165, 1.54) is 6.07 Å². The van der Waals surface area contributed by atoms with Gasteiger partial charge in [-0.3, -0.25) is 9.80 Å². The van der Waals surface area contributed by atoms with Crippen LogP contribution in [-0.4, -0.2) is 53.7 Å². The van der Waals surface area contributed by atoms with E-state index < -0.39 is 0 Å². The highest BCUT2D eigenvalue weighted by molar-refractivity contribution is 5.34. The summed E-state index contributed by atoms with van der Waals surface area (Å²) in [5.74, 6) is 2.48. The smallest absolute Gasteiger partial charge is 0.245 e. The number of halogens is 1. The van der Waals surface area contributed by atoms with Crippen molar-refractivity contribution in [2.24, 2.45) is 0 Å². The van der Waals surface area contributed by atoms with E-state index in [-0.39, 0.29) is 11.9 Å². The molecule has 0 bridgehead atoms. The first-order valence-corrected chi connectivity index (χ1v) is 8.72. The van der Waals surface area contributed by atoms with Crippen LogP contribution in [-0.2, 0) is 6.54 Å². The third-order valence-electron chi connectivity index (χ3n) is 5.05. The first kappa shape index (κ1) is 16.5. The van der Waals surface area contributed by atoms with Crippen LogP contribution >= 0.6 is 0 Å². The van der Waals surface area contributed by atoms with Gasteiger partial charge in [-0.2, -0.15) is 4.98 Å². The van der Waals surface area contributed by atoms with Crippen molar-refractivity contribution < 1.29 is 13.7 Å². The summed E-state index contributed by atoms with van der Waals surface area (Å²) in [6, 6.07) is 4.71. The number of benzene rings is 1. The Hall–Kier alpha value is -1.99. The van der Waals surface area contributed by atoms with E-state index in [0.29, 0.717) is 24.1 Å².